The summed E-state index contributed by atoms with van der Waals surface area (Å²) >= 11 is 0. The lowest BCUT2D eigenvalue weighted by Gasteiger charge is -2.26. The second-order valence-corrected chi connectivity index (χ2v) is 5.96. The first-order valence-electron chi connectivity index (χ1n) is 7.96. The molecular weight excluding hydrogens is 330 g/mol. The van der Waals surface area contributed by atoms with E-state index in [1.54, 1.807) is 11.6 Å². The van der Waals surface area contributed by atoms with Gasteiger partial charge < -0.3 is 14.0 Å². The van der Waals surface area contributed by atoms with Crippen molar-refractivity contribution in [1.29, 1.82) is 0 Å². The Morgan fingerprint density at radius 3 is 2.52 bits per heavy atom. The molecule has 25 heavy (non-hydrogen) atoms. The van der Waals surface area contributed by atoms with Gasteiger partial charge in [0.2, 0.25) is 0 Å². The normalized spacial score (nSPS) is 15.6. The van der Waals surface area contributed by atoms with Crippen molar-refractivity contribution in [1.82, 2.24) is 23.6 Å². The number of ether oxygens (including phenoxy) is 2. The number of nitrogens with zero attached hydrogens (tertiary/aromatic N) is 5. The number of methoxy groups -OCH3 is 1. The van der Waals surface area contributed by atoms with Crippen LogP contribution in [-0.4, -0.2) is 63.0 Å². The van der Waals surface area contributed by atoms with Crippen molar-refractivity contribution in [2.75, 3.05) is 33.4 Å². The first-order chi connectivity index (χ1) is 11.9. The lowest BCUT2D eigenvalue weighted by Crippen LogP contribution is -2.38. The molecule has 3 heterocycles. The number of aromatic nitrogens is 4. The van der Waals surface area contributed by atoms with Crippen LogP contribution in [0.15, 0.2) is 9.59 Å². The lowest BCUT2D eigenvalue weighted by atomic mass is 10.4. The number of hydrogen-bond donors (Lipinski definition) is 0. The summed E-state index contributed by atoms with van der Waals surface area (Å²) in [6.07, 6.45) is 0. The smallest absolute Gasteiger partial charge is 0.332 e. The lowest BCUT2D eigenvalue weighted by molar-refractivity contribution is -0.141. The van der Waals surface area contributed by atoms with Crippen LogP contribution in [0.2, 0.25) is 0 Å². The Morgan fingerprint density at radius 1 is 1.20 bits per heavy atom. The number of carbonyl (C=O) groups excluding carboxylic acids is 1. The molecule has 0 spiro atoms. The minimum Gasteiger partial charge on any atom is -0.468 e. The Bertz CT molecular complexity index is 919. The van der Waals surface area contributed by atoms with Crippen molar-refractivity contribution in [3.8, 4) is 0 Å². The van der Waals surface area contributed by atoms with Gasteiger partial charge in [-0.15, -0.1) is 0 Å². The SMILES string of the molecule is COC(=O)Cn1c(CN2CCOCC2)nc2c1c(=O)n(C)c(=O)n2C. The molecule has 10 nitrogen and oxygen atoms in total. The van der Waals surface area contributed by atoms with Gasteiger partial charge in [-0.2, -0.15) is 0 Å². The molecule has 1 saturated heterocycles. The molecule has 10 heteroatoms. The summed E-state index contributed by atoms with van der Waals surface area (Å²) in [5.74, 6) is 0.0547. The van der Waals surface area contributed by atoms with E-state index in [9.17, 15) is 14.4 Å². The van der Waals surface area contributed by atoms with Crippen molar-refractivity contribution < 1.29 is 14.3 Å². The van der Waals surface area contributed by atoms with Gasteiger partial charge >= 0.3 is 11.7 Å². The number of fused-ring (bicyclic) bond motifs is 1. The molecule has 1 aliphatic rings. The second kappa shape index (κ2) is 6.81. The molecule has 0 bridgehead atoms. The van der Waals surface area contributed by atoms with Crippen LogP contribution in [-0.2, 0) is 41.5 Å². The molecule has 0 atom stereocenters. The van der Waals surface area contributed by atoms with Crippen molar-refractivity contribution in [3.05, 3.63) is 26.7 Å². The maximum atomic E-state index is 12.6. The zero-order valence-electron chi connectivity index (χ0n) is 14.5. The maximum Gasteiger partial charge on any atom is 0.332 e. The highest BCUT2D eigenvalue weighted by Crippen LogP contribution is 2.14. The number of esters is 1. The molecule has 3 rings (SSSR count). The summed E-state index contributed by atoms with van der Waals surface area (Å²) in [7, 11) is 4.25. The molecule has 1 aliphatic heterocycles. The maximum absolute atomic E-state index is 12.6. The zero-order valence-corrected chi connectivity index (χ0v) is 14.5. The molecule has 0 aromatic carbocycles. The molecular formula is C15H21N5O5. The standard InChI is InChI=1S/C15H21N5O5/c1-17-13-12(14(22)18(2)15(17)23)20(9-11(21)24-3)10(16-13)8-19-4-6-25-7-5-19/h4-9H2,1-3H3. The molecule has 2 aromatic rings. The third-order valence-electron chi connectivity index (χ3n) is 4.41. The number of morpholine rings is 1. The van der Waals surface area contributed by atoms with Crippen LogP contribution < -0.4 is 11.2 Å². The Balaban J connectivity index is 2.17. The monoisotopic (exact) mass is 351 g/mol. The minimum atomic E-state index is -0.488. The van der Waals surface area contributed by atoms with E-state index in [2.05, 4.69) is 9.88 Å². The van der Waals surface area contributed by atoms with Crippen molar-refractivity contribution in [2.45, 2.75) is 13.1 Å². The Kier molecular flexibility index (Phi) is 4.73. The van der Waals surface area contributed by atoms with Crippen LogP contribution in [0.25, 0.3) is 11.2 Å². The topological polar surface area (TPSA) is 101 Å². The van der Waals surface area contributed by atoms with E-state index in [1.807, 2.05) is 0 Å². The van der Waals surface area contributed by atoms with Crippen molar-refractivity contribution >= 4 is 17.1 Å². The summed E-state index contributed by atoms with van der Waals surface area (Å²) in [5.41, 5.74) is -0.459. The fourth-order valence-corrected chi connectivity index (χ4v) is 2.94. The van der Waals surface area contributed by atoms with Gasteiger partial charge in [0.05, 0.1) is 26.9 Å². The fourth-order valence-electron chi connectivity index (χ4n) is 2.94. The first kappa shape index (κ1) is 17.4. The van der Waals surface area contributed by atoms with Gasteiger partial charge in [-0.25, -0.2) is 9.78 Å². The largest absolute Gasteiger partial charge is 0.468 e. The van der Waals surface area contributed by atoms with E-state index in [0.29, 0.717) is 25.6 Å². The van der Waals surface area contributed by atoms with Crippen LogP contribution in [0.5, 0.6) is 0 Å². The molecule has 1 fully saturated rings. The van der Waals surface area contributed by atoms with E-state index < -0.39 is 17.2 Å². The number of rotatable bonds is 4. The van der Waals surface area contributed by atoms with Gasteiger partial charge in [-0.3, -0.25) is 23.6 Å². The van der Waals surface area contributed by atoms with Gasteiger partial charge in [-0.1, -0.05) is 0 Å². The van der Waals surface area contributed by atoms with Crippen LogP contribution in [0.1, 0.15) is 5.82 Å². The van der Waals surface area contributed by atoms with E-state index in [1.165, 1.54) is 18.7 Å². The summed E-state index contributed by atoms with van der Waals surface area (Å²) in [6.45, 7) is 3.03. The van der Waals surface area contributed by atoms with E-state index in [-0.39, 0.29) is 17.7 Å². The summed E-state index contributed by atoms with van der Waals surface area (Å²) in [5, 5.41) is 0. The number of carbonyl (C=O) groups is 1. The molecule has 0 saturated carbocycles. The molecule has 0 aliphatic carbocycles. The molecule has 0 N–H and O–H groups in total. The number of imidazole rings is 1. The molecule has 136 valence electrons. The van der Waals surface area contributed by atoms with Crippen LogP contribution in [0.4, 0.5) is 0 Å². The average Bonchev–Trinajstić information content (AvgIpc) is 2.97. The first-order valence-corrected chi connectivity index (χ1v) is 7.96. The predicted octanol–water partition coefficient (Wildman–Crippen LogP) is -1.56. The zero-order chi connectivity index (χ0) is 18.1. The Hall–Kier alpha value is -2.46. The number of hydrogen-bond acceptors (Lipinski definition) is 7. The second-order valence-electron chi connectivity index (χ2n) is 5.96. The van der Waals surface area contributed by atoms with E-state index in [4.69, 9.17) is 9.47 Å². The Labute approximate surface area is 143 Å². The average molecular weight is 351 g/mol. The molecule has 0 unspecified atom stereocenters. The van der Waals surface area contributed by atoms with Crippen molar-refractivity contribution in [2.24, 2.45) is 14.1 Å². The van der Waals surface area contributed by atoms with Crippen molar-refractivity contribution in [3.63, 3.8) is 0 Å². The van der Waals surface area contributed by atoms with Gasteiger partial charge in [0.25, 0.3) is 5.56 Å². The van der Waals surface area contributed by atoms with Gasteiger partial charge in [0, 0.05) is 27.2 Å². The highest BCUT2D eigenvalue weighted by molar-refractivity contribution is 5.75. The molecule has 0 radical (unpaired) electrons. The fraction of sp³-hybridized carbons (Fsp3) is 0.600. The van der Waals surface area contributed by atoms with Crippen LogP contribution in [0, 0.1) is 0 Å². The molecule has 0 amide bonds. The minimum absolute atomic E-state index is 0.139. The highest BCUT2D eigenvalue weighted by atomic mass is 16.5. The summed E-state index contributed by atoms with van der Waals surface area (Å²) in [6, 6.07) is 0. The Morgan fingerprint density at radius 2 is 1.88 bits per heavy atom. The van der Waals surface area contributed by atoms with Crippen LogP contribution >= 0.6 is 0 Å². The van der Waals surface area contributed by atoms with E-state index >= 15 is 0 Å². The van der Waals surface area contributed by atoms with Gasteiger partial charge in [0.1, 0.15) is 12.4 Å². The van der Waals surface area contributed by atoms with Crippen LogP contribution in [0.3, 0.4) is 0 Å². The number of aryl methyl sites for hydroxylation is 1. The summed E-state index contributed by atoms with van der Waals surface area (Å²) in [4.78, 5) is 43.2. The van der Waals surface area contributed by atoms with E-state index in [0.717, 1.165) is 17.7 Å². The summed E-state index contributed by atoms with van der Waals surface area (Å²) < 4.78 is 13.9. The highest BCUT2D eigenvalue weighted by Gasteiger charge is 2.23. The third-order valence-corrected chi connectivity index (χ3v) is 4.41. The predicted molar refractivity (Wildman–Crippen MR) is 88.3 cm³/mol. The van der Waals surface area contributed by atoms with Gasteiger partial charge in [-0.05, 0) is 0 Å². The third kappa shape index (κ3) is 3.10. The van der Waals surface area contributed by atoms with Gasteiger partial charge in [0.15, 0.2) is 11.2 Å². The quantitative estimate of drug-likeness (QED) is 0.614. The molecule has 2 aromatic heterocycles.